The van der Waals surface area contributed by atoms with Crippen LogP contribution in [0.4, 0.5) is 0 Å². The topological polar surface area (TPSA) is 106 Å². The Bertz CT molecular complexity index is 268. The van der Waals surface area contributed by atoms with Crippen LogP contribution in [0.15, 0.2) is 0 Å². The van der Waals surface area contributed by atoms with E-state index in [4.69, 9.17) is 5.11 Å². The number of carbonyl (C=O) groups is 5. The Balaban J connectivity index is -0.0000000604. The van der Waals surface area contributed by atoms with Gasteiger partial charge in [-0.05, 0) is 68.7 Å². The SMILES string of the molecule is CC(=O)CCCO.CC(C)=O.CC(C)=O.CC(C)=O.CC(C)=O. The molecule has 0 aromatic carbocycles. The lowest BCUT2D eigenvalue weighted by Crippen LogP contribution is -1.91. The van der Waals surface area contributed by atoms with Gasteiger partial charge in [-0.2, -0.15) is 0 Å². The Morgan fingerprint density at radius 3 is 0.783 bits per heavy atom. The zero-order chi connectivity index (χ0) is 20.0. The molecule has 0 aliphatic carbocycles. The van der Waals surface area contributed by atoms with Crippen molar-refractivity contribution >= 4 is 28.9 Å². The van der Waals surface area contributed by atoms with Gasteiger partial charge in [0, 0.05) is 13.0 Å². The predicted octanol–water partition coefficient (Wildman–Crippen LogP) is 2.73. The summed E-state index contributed by atoms with van der Waals surface area (Å²) >= 11 is 0. The Hall–Kier alpha value is -1.69. The molecule has 0 saturated carbocycles. The van der Waals surface area contributed by atoms with Crippen molar-refractivity contribution in [2.75, 3.05) is 6.61 Å². The summed E-state index contributed by atoms with van der Waals surface area (Å²) < 4.78 is 0. The molecule has 0 rings (SSSR count). The molecule has 6 nitrogen and oxygen atoms in total. The van der Waals surface area contributed by atoms with E-state index >= 15 is 0 Å². The van der Waals surface area contributed by atoms with Crippen LogP contribution < -0.4 is 0 Å². The van der Waals surface area contributed by atoms with Gasteiger partial charge in [-0.25, -0.2) is 0 Å². The van der Waals surface area contributed by atoms with Crippen LogP contribution in [-0.2, 0) is 24.0 Å². The summed E-state index contributed by atoms with van der Waals surface area (Å²) in [5, 5.41) is 8.16. The average molecular weight is 334 g/mol. The summed E-state index contributed by atoms with van der Waals surface area (Å²) in [7, 11) is 0. The monoisotopic (exact) mass is 334 g/mol. The third-order valence-electron chi connectivity index (χ3n) is 0.687. The van der Waals surface area contributed by atoms with E-state index in [1.165, 1.54) is 62.3 Å². The molecule has 0 unspecified atom stereocenters. The molecule has 0 aromatic heterocycles. The molecule has 23 heavy (non-hydrogen) atoms. The lowest BCUT2D eigenvalue weighted by molar-refractivity contribution is -0.117. The van der Waals surface area contributed by atoms with Crippen molar-refractivity contribution in [2.45, 2.75) is 75.2 Å². The zero-order valence-electron chi connectivity index (χ0n) is 16.1. The number of rotatable bonds is 3. The minimum absolute atomic E-state index is 0.125. The molecule has 1 N–H and O–H groups in total. The van der Waals surface area contributed by atoms with Crippen molar-refractivity contribution in [3.05, 3.63) is 0 Å². The normalized spacial score (nSPS) is 7.22. The van der Waals surface area contributed by atoms with Crippen molar-refractivity contribution < 1.29 is 29.1 Å². The highest BCUT2D eigenvalue weighted by Crippen LogP contribution is 1.85. The Labute approximate surface area is 140 Å². The average Bonchev–Trinajstić information content (AvgIpc) is 2.22. The molecule has 0 fully saturated rings. The first-order valence-electron chi connectivity index (χ1n) is 7.19. The summed E-state index contributed by atoms with van der Waals surface area (Å²) in [6, 6.07) is 0. The van der Waals surface area contributed by atoms with Crippen molar-refractivity contribution in [3.8, 4) is 0 Å². The number of aliphatic hydroxyl groups is 1. The van der Waals surface area contributed by atoms with Gasteiger partial charge in [0.25, 0.3) is 0 Å². The highest BCUT2D eigenvalue weighted by Gasteiger charge is 1.88. The zero-order valence-corrected chi connectivity index (χ0v) is 16.1. The van der Waals surface area contributed by atoms with E-state index < -0.39 is 0 Å². The molecule has 6 heteroatoms. The van der Waals surface area contributed by atoms with Crippen LogP contribution in [0.1, 0.15) is 75.2 Å². The molecule has 138 valence electrons. The van der Waals surface area contributed by atoms with E-state index in [0.29, 0.717) is 12.8 Å². The maximum absolute atomic E-state index is 10.1. The summed E-state index contributed by atoms with van der Waals surface area (Å²) in [5.41, 5.74) is 0. The summed E-state index contributed by atoms with van der Waals surface area (Å²) in [6.07, 6.45) is 1.12. The smallest absolute Gasteiger partial charge is 0.129 e. The summed E-state index contributed by atoms with van der Waals surface area (Å²) in [4.78, 5) is 47.9. The van der Waals surface area contributed by atoms with Crippen molar-refractivity contribution in [1.29, 1.82) is 0 Å². The van der Waals surface area contributed by atoms with E-state index in [9.17, 15) is 24.0 Å². The summed E-state index contributed by atoms with van der Waals surface area (Å²) in [5.74, 6) is 0.814. The van der Waals surface area contributed by atoms with Crippen molar-refractivity contribution in [3.63, 3.8) is 0 Å². The summed E-state index contributed by atoms with van der Waals surface area (Å²) in [6.45, 7) is 13.9. The highest BCUT2D eigenvalue weighted by atomic mass is 16.3. The highest BCUT2D eigenvalue weighted by molar-refractivity contribution is 5.75. The third-order valence-corrected chi connectivity index (χ3v) is 0.687. The van der Waals surface area contributed by atoms with Gasteiger partial charge in [0.15, 0.2) is 0 Å². The van der Waals surface area contributed by atoms with Crippen LogP contribution in [0.3, 0.4) is 0 Å². The van der Waals surface area contributed by atoms with Gasteiger partial charge in [0.1, 0.15) is 28.9 Å². The van der Waals surface area contributed by atoms with Gasteiger partial charge in [-0.3, -0.25) is 0 Å². The minimum Gasteiger partial charge on any atom is -0.396 e. The minimum atomic E-state index is 0.125. The maximum Gasteiger partial charge on any atom is 0.129 e. The number of ketones is 5. The predicted molar refractivity (Wildman–Crippen MR) is 92.4 cm³/mol. The molecule has 0 radical (unpaired) electrons. The standard InChI is InChI=1S/C5H10O2.4C3H6O/c1-5(7)3-2-4-6;4*1-3(2)4/h6H,2-4H2,1H3;4*1-2H3. The molecular formula is C17H34O6. The van der Waals surface area contributed by atoms with Crippen molar-refractivity contribution in [2.24, 2.45) is 0 Å². The van der Waals surface area contributed by atoms with Gasteiger partial charge in [-0.15, -0.1) is 0 Å². The first-order valence-corrected chi connectivity index (χ1v) is 7.19. The maximum atomic E-state index is 10.1. The second-order valence-corrected chi connectivity index (χ2v) is 5.16. The molecule has 0 aliphatic rings. The number of aliphatic hydroxyl groups excluding tert-OH is 1. The van der Waals surface area contributed by atoms with E-state index in [-0.39, 0.29) is 35.5 Å². The molecule has 0 heterocycles. The second-order valence-electron chi connectivity index (χ2n) is 5.16. The van der Waals surface area contributed by atoms with E-state index in [1.807, 2.05) is 0 Å². The van der Waals surface area contributed by atoms with E-state index in [0.717, 1.165) is 0 Å². The Morgan fingerprint density at radius 1 is 0.565 bits per heavy atom. The molecule has 0 amide bonds. The number of carbonyl (C=O) groups excluding carboxylic acids is 5. The fourth-order valence-corrected chi connectivity index (χ4v) is 0.328. The molecule has 0 aliphatic heterocycles. The van der Waals surface area contributed by atoms with E-state index in [2.05, 4.69) is 0 Å². The quantitative estimate of drug-likeness (QED) is 0.850. The molecular weight excluding hydrogens is 300 g/mol. The second kappa shape index (κ2) is 28.5. The van der Waals surface area contributed by atoms with Crippen LogP contribution >= 0.6 is 0 Å². The van der Waals surface area contributed by atoms with Crippen LogP contribution in [0.25, 0.3) is 0 Å². The molecule has 0 spiro atoms. The van der Waals surface area contributed by atoms with E-state index in [1.54, 1.807) is 0 Å². The van der Waals surface area contributed by atoms with Gasteiger partial charge in [0.2, 0.25) is 0 Å². The number of Topliss-reactive ketones (excluding diaryl/α,β-unsaturated/α-hetero) is 5. The van der Waals surface area contributed by atoms with Gasteiger partial charge < -0.3 is 29.1 Å². The van der Waals surface area contributed by atoms with Gasteiger partial charge in [0.05, 0.1) is 0 Å². The van der Waals surface area contributed by atoms with Crippen LogP contribution in [-0.4, -0.2) is 40.6 Å². The Kier molecular flexibility index (Phi) is 40.9. The lowest BCUT2D eigenvalue weighted by atomic mass is 10.2. The number of hydrogen-bond donors (Lipinski definition) is 1. The third kappa shape index (κ3) is 1280. The largest absolute Gasteiger partial charge is 0.396 e. The van der Waals surface area contributed by atoms with Gasteiger partial charge in [-0.1, -0.05) is 0 Å². The fraction of sp³-hybridized carbons (Fsp3) is 0.706. The first-order chi connectivity index (χ1) is 10.2. The first kappa shape index (κ1) is 33.0. The van der Waals surface area contributed by atoms with Crippen LogP contribution in [0.2, 0.25) is 0 Å². The lowest BCUT2D eigenvalue weighted by Gasteiger charge is -1.86. The molecule has 0 atom stereocenters. The molecule has 0 bridgehead atoms. The molecule has 0 saturated heterocycles. The number of hydrogen-bond acceptors (Lipinski definition) is 6. The Morgan fingerprint density at radius 2 is 0.739 bits per heavy atom. The van der Waals surface area contributed by atoms with Crippen LogP contribution in [0, 0.1) is 0 Å². The molecule has 0 aromatic rings. The van der Waals surface area contributed by atoms with Crippen molar-refractivity contribution in [1.82, 2.24) is 0 Å². The fourth-order valence-electron chi connectivity index (χ4n) is 0.328. The van der Waals surface area contributed by atoms with Crippen LogP contribution in [0.5, 0.6) is 0 Å². The van der Waals surface area contributed by atoms with Gasteiger partial charge >= 0.3 is 0 Å².